The molecule has 0 heterocycles. The van der Waals surface area contributed by atoms with Crippen LogP contribution in [0.15, 0.2) is 29.4 Å². The smallest absolute Gasteiger partial charge is 0.320 e. The summed E-state index contributed by atoms with van der Waals surface area (Å²) < 4.78 is 0. The fraction of sp³-hybridized carbons (Fsp3) is 0.273. The number of nitrogens with two attached hydrogens (primary N) is 1. The highest BCUT2D eigenvalue weighted by Gasteiger charge is 2.11. The molecule has 0 amide bonds. The molecule has 0 aliphatic carbocycles. The minimum absolute atomic E-state index is 0.332. The molecule has 0 aromatic heterocycles. The maximum atomic E-state index is 10.6. The van der Waals surface area contributed by atoms with Crippen molar-refractivity contribution in [2.75, 3.05) is 7.05 Å². The van der Waals surface area contributed by atoms with Crippen molar-refractivity contribution in [2.45, 2.75) is 12.5 Å². The monoisotopic (exact) mass is 221 g/mol. The van der Waals surface area contributed by atoms with Crippen molar-refractivity contribution in [3.05, 3.63) is 35.4 Å². The van der Waals surface area contributed by atoms with Gasteiger partial charge in [0.2, 0.25) is 0 Å². The first-order valence-electron chi connectivity index (χ1n) is 4.90. The number of carbonyl (C=O) groups is 1. The van der Waals surface area contributed by atoms with E-state index >= 15 is 0 Å². The van der Waals surface area contributed by atoms with Crippen LogP contribution < -0.4 is 11.2 Å². The van der Waals surface area contributed by atoms with Crippen LogP contribution in [-0.2, 0) is 11.2 Å². The maximum absolute atomic E-state index is 10.6. The molecule has 0 saturated carbocycles. The van der Waals surface area contributed by atoms with E-state index in [9.17, 15) is 4.79 Å². The summed E-state index contributed by atoms with van der Waals surface area (Å²) in [6, 6.07) is 6.58. The number of nitrogens with zero attached hydrogens (tertiary/aromatic N) is 1. The molecule has 0 aliphatic heterocycles. The summed E-state index contributed by atoms with van der Waals surface area (Å²) in [6.07, 6.45) is 2.01. The second-order valence-electron chi connectivity index (χ2n) is 3.37. The lowest BCUT2D eigenvalue weighted by Gasteiger charge is -2.06. The average Bonchev–Trinajstić information content (AvgIpc) is 2.28. The van der Waals surface area contributed by atoms with E-state index in [1.165, 1.54) is 0 Å². The van der Waals surface area contributed by atoms with Crippen LogP contribution in [0.3, 0.4) is 0 Å². The number of rotatable bonds is 5. The van der Waals surface area contributed by atoms with Crippen LogP contribution in [0.25, 0.3) is 0 Å². The van der Waals surface area contributed by atoms with Gasteiger partial charge in [-0.1, -0.05) is 24.3 Å². The number of carboxylic acid groups (broad SMARTS) is 1. The molecule has 1 atom stereocenters. The lowest BCUT2D eigenvalue weighted by Crippen LogP contribution is -2.32. The first-order valence-corrected chi connectivity index (χ1v) is 4.90. The first-order chi connectivity index (χ1) is 7.63. The van der Waals surface area contributed by atoms with E-state index in [2.05, 4.69) is 10.5 Å². The van der Waals surface area contributed by atoms with Gasteiger partial charge in [-0.15, -0.1) is 0 Å². The minimum Gasteiger partial charge on any atom is -0.480 e. The van der Waals surface area contributed by atoms with Gasteiger partial charge in [0, 0.05) is 7.05 Å². The second-order valence-corrected chi connectivity index (χ2v) is 3.37. The molecule has 1 aromatic carbocycles. The molecule has 4 N–H and O–H groups in total. The summed E-state index contributed by atoms with van der Waals surface area (Å²) in [5, 5.41) is 12.5. The Hall–Kier alpha value is -1.88. The fourth-order valence-corrected chi connectivity index (χ4v) is 1.22. The van der Waals surface area contributed by atoms with E-state index in [1.807, 2.05) is 24.3 Å². The SMILES string of the molecule is CN/N=C/c1ccc(CC(N)C(=O)O)cc1. The van der Waals surface area contributed by atoms with Gasteiger partial charge in [0.15, 0.2) is 0 Å². The van der Waals surface area contributed by atoms with Gasteiger partial charge in [-0.25, -0.2) is 0 Å². The van der Waals surface area contributed by atoms with Crippen LogP contribution >= 0.6 is 0 Å². The summed E-state index contributed by atoms with van der Waals surface area (Å²) in [4.78, 5) is 10.6. The molecule has 16 heavy (non-hydrogen) atoms. The van der Waals surface area contributed by atoms with Gasteiger partial charge in [-0.3, -0.25) is 4.79 Å². The third-order valence-corrected chi connectivity index (χ3v) is 2.10. The van der Waals surface area contributed by atoms with E-state index in [4.69, 9.17) is 10.8 Å². The largest absolute Gasteiger partial charge is 0.480 e. The number of carboxylic acids is 1. The van der Waals surface area contributed by atoms with Crippen molar-refractivity contribution in [1.82, 2.24) is 5.43 Å². The predicted molar refractivity (Wildman–Crippen MR) is 62.4 cm³/mol. The Kier molecular flexibility index (Phi) is 4.47. The van der Waals surface area contributed by atoms with Gasteiger partial charge in [0.05, 0.1) is 6.21 Å². The van der Waals surface area contributed by atoms with Gasteiger partial charge in [0.1, 0.15) is 6.04 Å². The Morgan fingerprint density at radius 2 is 2.19 bits per heavy atom. The van der Waals surface area contributed by atoms with Crippen LogP contribution in [0.1, 0.15) is 11.1 Å². The number of hydrogen-bond acceptors (Lipinski definition) is 4. The minimum atomic E-state index is -0.985. The summed E-state index contributed by atoms with van der Waals surface area (Å²) in [7, 11) is 1.72. The van der Waals surface area contributed by atoms with Gasteiger partial charge in [0.25, 0.3) is 0 Å². The molecule has 1 unspecified atom stereocenters. The molecule has 0 bridgehead atoms. The maximum Gasteiger partial charge on any atom is 0.320 e. The van der Waals surface area contributed by atoms with Crippen LogP contribution in [-0.4, -0.2) is 30.4 Å². The highest BCUT2D eigenvalue weighted by molar-refractivity contribution is 5.79. The molecule has 86 valence electrons. The highest BCUT2D eigenvalue weighted by atomic mass is 16.4. The zero-order valence-corrected chi connectivity index (χ0v) is 9.05. The zero-order valence-electron chi connectivity index (χ0n) is 9.05. The predicted octanol–water partition coefficient (Wildman–Crippen LogP) is 0.194. The van der Waals surface area contributed by atoms with E-state index in [0.29, 0.717) is 6.42 Å². The lowest BCUT2D eigenvalue weighted by atomic mass is 10.1. The molecular formula is C11H15N3O2. The topological polar surface area (TPSA) is 87.7 Å². The average molecular weight is 221 g/mol. The Morgan fingerprint density at radius 1 is 1.56 bits per heavy atom. The lowest BCUT2D eigenvalue weighted by molar-refractivity contribution is -0.138. The second kappa shape index (κ2) is 5.87. The molecular weight excluding hydrogens is 206 g/mol. The van der Waals surface area contributed by atoms with Crippen LogP contribution in [0.2, 0.25) is 0 Å². The van der Waals surface area contributed by atoms with Crippen LogP contribution in [0.5, 0.6) is 0 Å². The number of benzene rings is 1. The third kappa shape index (κ3) is 3.70. The Morgan fingerprint density at radius 3 is 2.69 bits per heavy atom. The molecule has 0 saturated heterocycles. The highest BCUT2D eigenvalue weighted by Crippen LogP contribution is 2.05. The van der Waals surface area contributed by atoms with Crippen molar-refractivity contribution < 1.29 is 9.90 Å². The Balaban J connectivity index is 2.64. The van der Waals surface area contributed by atoms with Crippen molar-refractivity contribution in [3.8, 4) is 0 Å². The molecule has 1 rings (SSSR count). The van der Waals surface area contributed by atoms with E-state index in [-0.39, 0.29) is 0 Å². The standard InChI is InChI=1S/C11H15N3O2/c1-13-14-7-9-4-2-8(3-5-9)6-10(12)11(15)16/h2-5,7,10,13H,6,12H2,1H3,(H,15,16)/b14-7+. The molecule has 0 spiro atoms. The molecule has 0 aliphatic rings. The zero-order chi connectivity index (χ0) is 12.0. The molecule has 1 aromatic rings. The van der Waals surface area contributed by atoms with Gasteiger partial charge in [-0.05, 0) is 17.5 Å². The number of hydrogen-bond donors (Lipinski definition) is 3. The number of nitrogens with one attached hydrogen (secondary N) is 1. The van der Waals surface area contributed by atoms with Gasteiger partial charge in [-0.2, -0.15) is 5.10 Å². The quantitative estimate of drug-likeness (QED) is 0.489. The van der Waals surface area contributed by atoms with Gasteiger partial charge >= 0.3 is 5.97 Å². The number of hydrazone groups is 1. The van der Waals surface area contributed by atoms with E-state index in [0.717, 1.165) is 11.1 Å². The first kappa shape index (κ1) is 12.2. The van der Waals surface area contributed by atoms with E-state index in [1.54, 1.807) is 13.3 Å². The molecule has 5 heteroatoms. The van der Waals surface area contributed by atoms with Crippen molar-refractivity contribution in [1.29, 1.82) is 0 Å². The third-order valence-electron chi connectivity index (χ3n) is 2.10. The summed E-state index contributed by atoms with van der Waals surface area (Å²) in [5.41, 5.74) is 9.93. The van der Waals surface area contributed by atoms with Crippen LogP contribution in [0, 0.1) is 0 Å². The fourth-order valence-electron chi connectivity index (χ4n) is 1.22. The molecule has 0 fully saturated rings. The number of aliphatic carboxylic acids is 1. The van der Waals surface area contributed by atoms with Crippen molar-refractivity contribution >= 4 is 12.2 Å². The normalized spacial score (nSPS) is 12.6. The van der Waals surface area contributed by atoms with Crippen LogP contribution in [0.4, 0.5) is 0 Å². The Labute approximate surface area is 94.0 Å². The van der Waals surface area contributed by atoms with Crippen molar-refractivity contribution in [3.63, 3.8) is 0 Å². The summed E-state index contributed by atoms with van der Waals surface area (Å²) in [5.74, 6) is -0.985. The Bertz CT molecular complexity index is 373. The van der Waals surface area contributed by atoms with E-state index < -0.39 is 12.0 Å². The van der Waals surface area contributed by atoms with Crippen molar-refractivity contribution in [2.24, 2.45) is 10.8 Å². The van der Waals surface area contributed by atoms with Gasteiger partial charge < -0.3 is 16.3 Å². The molecule has 5 nitrogen and oxygen atoms in total. The summed E-state index contributed by atoms with van der Waals surface area (Å²) >= 11 is 0. The molecule has 0 radical (unpaired) electrons. The summed E-state index contributed by atoms with van der Waals surface area (Å²) in [6.45, 7) is 0.